The Bertz CT molecular complexity index is 886. The van der Waals surface area contributed by atoms with E-state index in [4.69, 9.17) is 27.7 Å². The molecule has 0 bridgehead atoms. The first kappa shape index (κ1) is 17.8. The standard InChI is InChI=1S/C17H13ClN4O3/c18-14-7-13(5-6-15(14)20)22-16(23)11(8-19)9-21-12-3-1-10(2-4-12)17(24)25/h1-7,9,21H,20H2,(H,22,23)(H,24,25)/b11-9-. The lowest BCUT2D eigenvalue weighted by molar-refractivity contribution is -0.112. The van der Waals surface area contributed by atoms with E-state index >= 15 is 0 Å². The quantitative estimate of drug-likeness (QED) is 0.370. The topological polar surface area (TPSA) is 128 Å². The van der Waals surface area contributed by atoms with Crippen molar-refractivity contribution < 1.29 is 14.7 Å². The smallest absolute Gasteiger partial charge is 0.335 e. The summed E-state index contributed by atoms with van der Waals surface area (Å²) >= 11 is 5.88. The third-order valence-electron chi connectivity index (χ3n) is 3.14. The zero-order chi connectivity index (χ0) is 18.4. The van der Waals surface area contributed by atoms with Gasteiger partial charge in [-0.3, -0.25) is 4.79 Å². The summed E-state index contributed by atoms with van der Waals surface area (Å²) in [5, 5.41) is 23.5. The molecule has 0 radical (unpaired) electrons. The summed E-state index contributed by atoms with van der Waals surface area (Å²) < 4.78 is 0. The monoisotopic (exact) mass is 356 g/mol. The van der Waals surface area contributed by atoms with Crippen LogP contribution in [0.15, 0.2) is 54.2 Å². The van der Waals surface area contributed by atoms with Gasteiger partial charge in [0.1, 0.15) is 11.6 Å². The minimum atomic E-state index is -1.04. The average Bonchev–Trinajstić information content (AvgIpc) is 2.59. The number of nitrogens with one attached hydrogen (secondary N) is 2. The molecule has 8 heteroatoms. The van der Waals surface area contributed by atoms with Gasteiger partial charge in [0.2, 0.25) is 0 Å². The third-order valence-corrected chi connectivity index (χ3v) is 3.47. The van der Waals surface area contributed by atoms with E-state index in [1.54, 1.807) is 12.1 Å². The first-order valence-corrected chi connectivity index (χ1v) is 7.35. The van der Waals surface area contributed by atoms with Gasteiger partial charge >= 0.3 is 5.97 Å². The number of halogens is 1. The van der Waals surface area contributed by atoms with Crippen LogP contribution in [0.5, 0.6) is 0 Å². The number of hydrogen-bond acceptors (Lipinski definition) is 5. The van der Waals surface area contributed by atoms with Crippen molar-refractivity contribution in [2.45, 2.75) is 0 Å². The van der Waals surface area contributed by atoms with Crippen LogP contribution in [-0.4, -0.2) is 17.0 Å². The van der Waals surface area contributed by atoms with Crippen molar-refractivity contribution in [3.63, 3.8) is 0 Å². The van der Waals surface area contributed by atoms with Gasteiger partial charge in [-0.25, -0.2) is 4.79 Å². The van der Waals surface area contributed by atoms with Gasteiger partial charge in [-0.05, 0) is 42.5 Å². The van der Waals surface area contributed by atoms with Gasteiger partial charge in [0, 0.05) is 17.6 Å². The summed E-state index contributed by atoms with van der Waals surface area (Å²) in [5.74, 6) is -1.67. The molecule has 0 heterocycles. The van der Waals surface area contributed by atoms with E-state index in [1.807, 2.05) is 0 Å². The maximum Gasteiger partial charge on any atom is 0.335 e. The lowest BCUT2D eigenvalue weighted by Gasteiger charge is -2.07. The van der Waals surface area contributed by atoms with E-state index < -0.39 is 11.9 Å². The molecule has 0 aromatic heterocycles. The van der Waals surface area contributed by atoms with E-state index in [9.17, 15) is 9.59 Å². The predicted molar refractivity (Wildman–Crippen MR) is 95.2 cm³/mol. The Morgan fingerprint density at radius 2 is 1.80 bits per heavy atom. The van der Waals surface area contributed by atoms with Crippen molar-refractivity contribution in [3.05, 3.63) is 64.8 Å². The van der Waals surface area contributed by atoms with Crippen LogP contribution in [-0.2, 0) is 4.79 Å². The number of carbonyl (C=O) groups excluding carboxylic acids is 1. The first-order valence-electron chi connectivity index (χ1n) is 6.97. The number of hydrogen-bond donors (Lipinski definition) is 4. The molecule has 1 amide bonds. The van der Waals surface area contributed by atoms with Crippen LogP contribution < -0.4 is 16.4 Å². The molecule has 126 valence electrons. The second-order valence-corrected chi connectivity index (χ2v) is 5.29. The zero-order valence-corrected chi connectivity index (χ0v) is 13.5. The summed E-state index contributed by atoms with van der Waals surface area (Å²) in [6.45, 7) is 0. The normalized spacial score (nSPS) is 10.6. The minimum Gasteiger partial charge on any atom is -0.478 e. The number of aromatic carboxylic acids is 1. The fraction of sp³-hybridized carbons (Fsp3) is 0. The Kier molecular flexibility index (Phi) is 5.61. The van der Waals surface area contributed by atoms with Crippen molar-refractivity contribution in [1.29, 1.82) is 5.26 Å². The highest BCUT2D eigenvalue weighted by Crippen LogP contribution is 2.22. The first-order chi connectivity index (χ1) is 11.9. The van der Waals surface area contributed by atoms with E-state index in [-0.39, 0.29) is 16.2 Å². The predicted octanol–water partition coefficient (Wildman–Crippen LogP) is 3.08. The Morgan fingerprint density at radius 1 is 1.16 bits per heavy atom. The fourth-order valence-corrected chi connectivity index (χ4v) is 2.00. The molecular weight excluding hydrogens is 344 g/mol. The Balaban J connectivity index is 2.08. The van der Waals surface area contributed by atoms with Crippen LogP contribution in [0.3, 0.4) is 0 Å². The molecule has 0 fully saturated rings. The van der Waals surface area contributed by atoms with Gasteiger partial charge < -0.3 is 21.5 Å². The summed E-state index contributed by atoms with van der Waals surface area (Å²) in [5.41, 5.74) is 6.86. The summed E-state index contributed by atoms with van der Waals surface area (Å²) in [6, 6.07) is 12.2. The number of nitrogens with zero attached hydrogens (tertiary/aromatic N) is 1. The molecule has 0 aliphatic carbocycles. The van der Waals surface area contributed by atoms with Gasteiger partial charge in [-0.2, -0.15) is 5.26 Å². The number of carboxylic acid groups (broad SMARTS) is 1. The van der Waals surface area contributed by atoms with Gasteiger partial charge in [0.25, 0.3) is 5.91 Å². The summed E-state index contributed by atoms with van der Waals surface area (Å²) in [6.07, 6.45) is 1.23. The maximum absolute atomic E-state index is 12.1. The minimum absolute atomic E-state index is 0.132. The molecule has 0 aliphatic heterocycles. The molecule has 7 nitrogen and oxygen atoms in total. The number of amides is 1. The van der Waals surface area contributed by atoms with Gasteiger partial charge in [0.05, 0.1) is 16.3 Å². The lowest BCUT2D eigenvalue weighted by Crippen LogP contribution is -2.14. The van der Waals surface area contributed by atoms with Crippen molar-refractivity contribution in [2.75, 3.05) is 16.4 Å². The molecule has 0 unspecified atom stereocenters. The molecule has 0 saturated carbocycles. The van der Waals surface area contributed by atoms with Crippen LogP contribution in [0, 0.1) is 11.3 Å². The van der Waals surface area contributed by atoms with Crippen molar-refractivity contribution in [1.82, 2.24) is 0 Å². The van der Waals surface area contributed by atoms with Crippen molar-refractivity contribution >= 4 is 40.5 Å². The zero-order valence-electron chi connectivity index (χ0n) is 12.8. The largest absolute Gasteiger partial charge is 0.478 e. The second-order valence-electron chi connectivity index (χ2n) is 4.89. The number of carboxylic acids is 1. The number of nitriles is 1. The molecule has 0 spiro atoms. The van der Waals surface area contributed by atoms with E-state index in [1.165, 1.54) is 42.6 Å². The maximum atomic E-state index is 12.1. The lowest BCUT2D eigenvalue weighted by atomic mass is 10.2. The molecule has 2 rings (SSSR count). The Hall–Kier alpha value is -3.50. The van der Waals surface area contributed by atoms with Crippen LogP contribution in [0.1, 0.15) is 10.4 Å². The highest BCUT2D eigenvalue weighted by atomic mass is 35.5. The average molecular weight is 357 g/mol. The SMILES string of the molecule is N#C/C(=C/Nc1ccc(C(=O)O)cc1)C(=O)Nc1ccc(N)c(Cl)c1. The van der Waals surface area contributed by atoms with Gasteiger partial charge in [-0.15, -0.1) is 0 Å². The van der Waals surface area contributed by atoms with E-state index in [0.717, 1.165) is 0 Å². The molecule has 0 aliphatic rings. The number of benzene rings is 2. The van der Waals surface area contributed by atoms with E-state index in [0.29, 0.717) is 17.1 Å². The van der Waals surface area contributed by atoms with Crippen LogP contribution in [0.25, 0.3) is 0 Å². The molecule has 2 aromatic carbocycles. The Labute approximate surface area is 148 Å². The summed E-state index contributed by atoms with van der Waals surface area (Å²) in [7, 11) is 0. The number of rotatable bonds is 5. The molecular formula is C17H13ClN4O3. The van der Waals surface area contributed by atoms with Gasteiger partial charge in [-0.1, -0.05) is 11.6 Å². The third kappa shape index (κ3) is 4.73. The van der Waals surface area contributed by atoms with Gasteiger partial charge in [0.15, 0.2) is 0 Å². The Morgan fingerprint density at radius 3 is 2.36 bits per heavy atom. The number of nitrogen functional groups attached to an aromatic ring is 1. The van der Waals surface area contributed by atoms with Crippen LogP contribution in [0.4, 0.5) is 17.1 Å². The number of anilines is 3. The second kappa shape index (κ2) is 7.86. The van der Waals surface area contributed by atoms with Crippen molar-refractivity contribution in [3.8, 4) is 6.07 Å². The van der Waals surface area contributed by atoms with Crippen molar-refractivity contribution in [2.24, 2.45) is 0 Å². The fourth-order valence-electron chi connectivity index (χ4n) is 1.82. The highest BCUT2D eigenvalue weighted by molar-refractivity contribution is 6.33. The molecule has 2 aromatic rings. The van der Waals surface area contributed by atoms with E-state index in [2.05, 4.69) is 10.6 Å². The molecule has 5 N–H and O–H groups in total. The van der Waals surface area contributed by atoms with Crippen LogP contribution >= 0.6 is 11.6 Å². The molecule has 0 atom stereocenters. The number of carbonyl (C=O) groups is 2. The number of nitrogens with two attached hydrogens (primary N) is 1. The molecule has 0 saturated heterocycles. The molecule has 25 heavy (non-hydrogen) atoms. The highest BCUT2D eigenvalue weighted by Gasteiger charge is 2.10. The van der Waals surface area contributed by atoms with Crippen LogP contribution in [0.2, 0.25) is 5.02 Å². The summed E-state index contributed by atoms with van der Waals surface area (Å²) in [4.78, 5) is 22.9.